The zero-order valence-electron chi connectivity index (χ0n) is 17.0. The second-order valence-corrected chi connectivity index (χ2v) is 7.10. The minimum absolute atomic E-state index is 0.0850. The molecule has 0 saturated carbocycles. The normalized spacial score (nSPS) is 12.0. The third-order valence-electron chi connectivity index (χ3n) is 3.91. The van der Waals surface area contributed by atoms with E-state index in [1.165, 1.54) is 26.0 Å². The van der Waals surface area contributed by atoms with Crippen LogP contribution >= 0.6 is 0 Å². The van der Waals surface area contributed by atoms with Gasteiger partial charge in [0.15, 0.2) is 6.61 Å². The van der Waals surface area contributed by atoms with Gasteiger partial charge in [0.2, 0.25) is 5.95 Å². The number of nitrogens with zero attached hydrogens (tertiary/aromatic N) is 3. The van der Waals surface area contributed by atoms with Crippen molar-refractivity contribution >= 4 is 5.95 Å². The highest BCUT2D eigenvalue weighted by Crippen LogP contribution is 2.29. The van der Waals surface area contributed by atoms with E-state index in [0.29, 0.717) is 17.1 Å². The summed E-state index contributed by atoms with van der Waals surface area (Å²) in [5.74, 6) is 1.37. The van der Waals surface area contributed by atoms with Gasteiger partial charge in [-0.3, -0.25) is 0 Å². The maximum Gasteiger partial charge on any atom is 0.422 e. The van der Waals surface area contributed by atoms with Gasteiger partial charge in [-0.15, -0.1) is 4.98 Å². The first kappa shape index (κ1) is 22.3. The maximum absolute atomic E-state index is 14.2. The van der Waals surface area contributed by atoms with Gasteiger partial charge in [0, 0.05) is 0 Å². The zero-order valence-corrected chi connectivity index (χ0v) is 17.0. The molecule has 3 rings (SSSR count). The summed E-state index contributed by atoms with van der Waals surface area (Å²) in [6.07, 6.45) is -4.58. The van der Waals surface area contributed by atoms with Crippen molar-refractivity contribution in [1.29, 1.82) is 0 Å². The van der Waals surface area contributed by atoms with Crippen LogP contribution in [0.4, 0.5) is 23.5 Å². The van der Waals surface area contributed by atoms with Crippen LogP contribution in [0.15, 0.2) is 40.8 Å². The lowest BCUT2D eigenvalue weighted by molar-refractivity contribution is -0.154. The van der Waals surface area contributed by atoms with Gasteiger partial charge in [-0.05, 0) is 50.6 Å². The molecule has 2 heterocycles. The predicted octanol–water partition coefficient (Wildman–Crippen LogP) is 5.32. The SMILES string of the molecule is Cc1ccc(CNc2nc(OCC(F)(F)F)nc(Oc3cccc(C(C)(C)F)c3)n2)o1. The number of nitrogens with one attached hydrogen (secondary N) is 1. The molecule has 11 heteroatoms. The molecule has 1 aromatic carbocycles. The third kappa shape index (κ3) is 6.83. The van der Waals surface area contributed by atoms with E-state index in [1.54, 1.807) is 31.2 Å². The molecular formula is C20H20F4N4O3. The van der Waals surface area contributed by atoms with Crippen molar-refractivity contribution in [1.82, 2.24) is 15.0 Å². The summed E-state index contributed by atoms with van der Waals surface area (Å²) < 4.78 is 67.4. The van der Waals surface area contributed by atoms with Crippen LogP contribution in [-0.2, 0) is 12.2 Å². The van der Waals surface area contributed by atoms with Crippen molar-refractivity contribution < 1.29 is 31.5 Å². The zero-order chi connectivity index (χ0) is 22.6. The number of furan rings is 1. The van der Waals surface area contributed by atoms with E-state index in [0.717, 1.165) is 0 Å². The molecule has 166 valence electrons. The highest BCUT2D eigenvalue weighted by molar-refractivity contribution is 5.35. The predicted molar refractivity (Wildman–Crippen MR) is 103 cm³/mol. The Labute approximate surface area is 175 Å². The molecule has 0 aliphatic heterocycles. The van der Waals surface area contributed by atoms with Gasteiger partial charge in [-0.25, -0.2) is 4.39 Å². The van der Waals surface area contributed by atoms with Crippen molar-refractivity contribution in [3.05, 3.63) is 53.5 Å². The maximum atomic E-state index is 14.2. The van der Waals surface area contributed by atoms with Crippen molar-refractivity contribution in [3.8, 4) is 17.8 Å². The molecule has 0 aliphatic carbocycles. The van der Waals surface area contributed by atoms with E-state index in [-0.39, 0.29) is 24.3 Å². The van der Waals surface area contributed by atoms with Crippen molar-refractivity contribution in [2.45, 2.75) is 39.2 Å². The fourth-order valence-electron chi connectivity index (χ4n) is 2.45. The Balaban J connectivity index is 1.83. The average molecular weight is 440 g/mol. The van der Waals surface area contributed by atoms with Crippen molar-refractivity contribution in [3.63, 3.8) is 0 Å². The van der Waals surface area contributed by atoms with Crippen molar-refractivity contribution in [2.75, 3.05) is 11.9 Å². The van der Waals surface area contributed by atoms with E-state index in [4.69, 9.17) is 9.15 Å². The standard InChI is InChI=1S/C20H20F4N4O3/c1-12-7-8-15(30-12)10-25-16-26-17(29-11-20(22,23)24)28-18(27-16)31-14-6-4-5-13(9-14)19(2,3)21/h4-9H,10-11H2,1-3H3,(H,25,26,27,28). The summed E-state index contributed by atoms with van der Waals surface area (Å²) in [4.78, 5) is 11.6. The molecule has 0 spiro atoms. The molecular weight excluding hydrogens is 420 g/mol. The quantitative estimate of drug-likeness (QED) is 0.475. The Bertz CT molecular complexity index is 1030. The second kappa shape index (κ2) is 8.78. The van der Waals surface area contributed by atoms with Crippen LogP contribution in [-0.4, -0.2) is 27.7 Å². The van der Waals surface area contributed by atoms with Gasteiger partial charge in [-0.2, -0.15) is 23.1 Å². The molecule has 1 N–H and O–H groups in total. The van der Waals surface area contributed by atoms with Gasteiger partial charge in [0.05, 0.1) is 6.54 Å². The summed E-state index contributed by atoms with van der Waals surface area (Å²) >= 11 is 0. The summed E-state index contributed by atoms with van der Waals surface area (Å²) in [7, 11) is 0. The molecule has 2 aromatic heterocycles. The van der Waals surface area contributed by atoms with Crippen LogP contribution in [0.25, 0.3) is 0 Å². The molecule has 3 aromatic rings. The topological polar surface area (TPSA) is 82.3 Å². The first-order valence-electron chi connectivity index (χ1n) is 9.20. The van der Waals surface area contributed by atoms with Crippen LogP contribution in [0.3, 0.4) is 0 Å². The van der Waals surface area contributed by atoms with Crippen LogP contribution in [0, 0.1) is 6.92 Å². The number of hydrogen-bond acceptors (Lipinski definition) is 7. The molecule has 31 heavy (non-hydrogen) atoms. The summed E-state index contributed by atoms with van der Waals surface area (Å²) in [6, 6.07) is 8.72. The van der Waals surface area contributed by atoms with Gasteiger partial charge in [0.25, 0.3) is 0 Å². The Morgan fingerprint density at radius 1 is 1.00 bits per heavy atom. The fraction of sp³-hybridized carbons (Fsp3) is 0.350. The van der Waals surface area contributed by atoms with Crippen LogP contribution < -0.4 is 14.8 Å². The van der Waals surface area contributed by atoms with E-state index < -0.39 is 24.5 Å². The second-order valence-electron chi connectivity index (χ2n) is 7.10. The van der Waals surface area contributed by atoms with Gasteiger partial charge in [0.1, 0.15) is 22.9 Å². The number of aromatic nitrogens is 3. The first-order chi connectivity index (χ1) is 14.5. The molecule has 0 aliphatic rings. The summed E-state index contributed by atoms with van der Waals surface area (Å²) in [5.41, 5.74) is -1.27. The number of benzene rings is 1. The van der Waals surface area contributed by atoms with E-state index in [1.807, 2.05) is 0 Å². The first-order valence-corrected chi connectivity index (χ1v) is 9.20. The highest BCUT2D eigenvalue weighted by atomic mass is 19.4. The Morgan fingerprint density at radius 3 is 2.39 bits per heavy atom. The highest BCUT2D eigenvalue weighted by Gasteiger charge is 2.29. The summed E-state index contributed by atoms with van der Waals surface area (Å²) in [6.45, 7) is 3.13. The smallest absolute Gasteiger partial charge is 0.422 e. The third-order valence-corrected chi connectivity index (χ3v) is 3.91. The molecule has 0 amide bonds. The lowest BCUT2D eigenvalue weighted by Crippen LogP contribution is -2.20. The van der Waals surface area contributed by atoms with Gasteiger partial charge >= 0.3 is 18.2 Å². The molecule has 0 atom stereocenters. The van der Waals surface area contributed by atoms with Gasteiger partial charge < -0.3 is 19.2 Å². The Hall–Kier alpha value is -3.37. The number of aryl methyl sites for hydroxylation is 1. The van der Waals surface area contributed by atoms with Gasteiger partial charge in [-0.1, -0.05) is 12.1 Å². The lowest BCUT2D eigenvalue weighted by Gasteiger charge is -2.15. The Morgan fingerprint density at radius 2 is 1.74 bits per heavy atom. The molecule has 0 saturated heterocycles. The molecule has 0 bridgehead atoms. The van der Waals surface area contributed by atoms with Crippen LogP contribution in [0.1, 0.15) is 30.9 Å². The number of anilines is 1. The number of alkyl halides is 4. The summed E-state index contributed by atoms with van der Waals surface area (Å²) in [5, 5.41) is 2.82. The largest absolute Gasteiger partial charge is 0.465 e. The Kier molecular flexibility index (Phi) is 6.32. The monoisotopic (exact) mass is 440 g/mol. The van der Waals surface area contributed by atoms with Crippen molar-refractivity contribution in [2.24, 2.45) is 0 Å². The fourth-order valence-corrected chi connectivity index (χ4v) is 2.45. The van der Waals surface area contributed by atoms with Crippen LogP contribution in [0.5, 0.6) is 17.8 Å². The molecule has 0 fully saturated rings. The minimum atomic E-state index is -4.58. The number of rotatable bonds is 8. The van der Waals surface area contributed by atoms with E-state index in [2.05, 4.69) is 25.0 Å². The molecule has 7 nitrogen and oxygen atoms in total. The molecule has 0 unspecified atom stereocenters. The average Bonchev–Trinajstić information content (AvgIpc) is 3.09. The number of halogens is 4. The number of ether oxygens (including phenoxy) is 2. The van der Waals surface area contributed by atoms with E-state index >= 15 is 0 Å². The number of hydrogen-bond donors (Lipinski definition) is 1. The molecule has 0 radical (unpaired) electrons. The minimum Gasteiger partial charge on any atom is -0.465 e. The van der Waals surface area contributed by atoms with E-state index in [9.17, 15) is 17.6 Å². The lowest BCUT2D eigenvalue weighted by atomic mass is 10.0. The van der Waals surface area contributed by atoms with Crippen LogP contribution in [0.2, 0.25) is 0 Å².